The van der Waals surface area contributed by atoms with E-state index in [1.165, 1.54) is 6.20 Å². The lowest BCUT2D eigenvalue weighted by molar-refractivity contribution is 0.0563. The van der Waals surface area contributed by atoms with Crippen LogP contribution < -0.4 is 5.73 Å². The average molecular weight is 235 g/mol. The van der Waals surface area contributed by atoms with Crippen LogP contribution in [-0.4, -0.2) is 41.6 Å². The Balaban J connectivity index is 2.16. The number of nitrogens with zero attached hydrogens (tertiary/aromatic N) is 2. The molecule has 1 saturated heterocycles. The molecular formula is C12H17N3O2. The third kappa shape index (κ3) is 2.74. The topological polar surface area (TPSA) is 68.5 Å². The van der Waals surface area contributed by atoms with Crippen LogP contribution in [0, 0.1) is 0 Å². The van der Waals surface area contributed by atoms with E-state index in [9.17, 15) is 4.79 Å². The maximum absolute atomic E-state index is 12.3. The number of nitrogens with two attached hydrogens (primary N) is 1. The van der Waals surface area contributed by atoms with Gasteiger partial charge in [0, 0.05) is 37.8 Å². The molecule has 2 N–H and O–H groups in total. The average Bonchev–Trinajstić information content (AvgIpc) is 2.54. The molecule has 2 rings (SSSR count). The Hall–Kier alpha value is -1.62. The van der Waals surface area contributed by atoms with E-state index in [2.05, 4.69) is 4.98 Å². The van der Waals surface area contributed by atoms with Crippen LogP contribution in [0.5, 0.6) is 0 Å². The van der Waals surface area contributed by atoms with Gasteiger partial charge in [-0.3, -0.25) is 9.78 Å². The molecule has 0 aliphatic carbocycles. The highest BCUT2D eigenvalue weighted by Crippen LogP contribution is 2.14. The highest BCUT2D eigenvalue weighted by Gasteiger charge is 2.22. The monoisotopic (exact) mass is 235 g/mol. The number of nitrogen functional groups attached to an aromatic ring is 1. The van der Waals surface area contributed by atoms with Gasteiger partial charge in [-0.1, -0.05) is 0 Å². The molecule has 17 heavy (non-hydrogen) atoms. The van der Waals surface area contributed by atoms with E-state index in [1.54, 1.807) is 17.2 Å². The van der Waals surface area contributed by atoms with Crippen LogP contribution in [0.2, 0.25) is 0 Å². The molecule has 1 atom stereocenters. The summed E-state index contributed by atoms with van der Waals surface area (Å²) in [5.41, 5.74) is 6.73. The predicted octanol–water partition coefficient (Wildman–Crippen LogP) is 0.915. The van der Waals surface area contributed by atoms with Crippen LogP contribution in [-0.2, 0) is 4.74 Å². The van der Waals surface area contributed by atoms with Crippen LogP contribution >= 0.6 is 0 Å². The molecule has 0 aromatic carbocycles. The van der Waals surface area contributed by atoms with Crippen LogP contribution in [0.25, 0.3) is 0 Å². The second-order valence-corrected chi connectivity index (χ2v) is 4.25. The van der Waals surface area contributed by atoms with Gasteiger partial charge in [-0.2, -0.15) is 0 Å². The summed E-state index contributed by atoms with van der Waals surface area (Å²) in [5, 5.41) is 0. The fraction of sp³-hybridized carbons (Fsp3) is 0.500. The second kappa shape index (κ2) is 5.14. The Morgan fingerprint density at radius 1 is 1.65 bits per heavy atom. The normalized spacial score (nSPS) is 21.0. The maximum Gasteiger partial charge on any atom is 0.257 e. The van der Waals surface area contributed by atoms with Gasteiger partial charge in [0.1, 0.15) is 0 Å². The lowest BCUT2D eigenvalue weighted by atomic mass is 10.2. The molecule has 0 bridgehead atoms. The minimum Gasteiger partial charge on any atom is -0.398 e. The number of aromatic nitrogens is 1. The number of hydrogen-bond acceptors (Lipinski definition) is 4. The number of ether oxygens (including phenoxy) is 1. The zero-order valence-corrected chi connectivity index (χ0v) is 9.93. The summed E-state index contributed by atoms with van der Waals surface area (Å²) in [5.74, 6) is -0.0621. The summed E-state index contributed by atoms with van der Waals surface area (Å²) in [6.45, 7) is 3.98. The minimum atomic E-state index is -0.0621. The molecule has 0 unspecified atom stereocenters. The molecule has 5 nitrogen and oxygen atoms in total. The molecule has 0 spiro atoms. The van der Waals surface area contributed by atoms with E-state index < -0.39 is 0 Å². The van der Waals surface area contributed by atoms with Gasteiger partial charge in [0.05, 0.1) is 11.7 Å². The van der Waals surface area contributed by atoms with Crippen molar-refractivity contribution in [2.24, 2.45) is 0 Å². The Morgan fingerprint density at radius 3 is 3.24 bits per heavy atom. The van der Waals surface area contributed by atoms with E-state index in [0.717, 1.165) is 6.42 Å². The van der Waals surface area contributed by atoms with Crippen molar-refractivity contribution in [1.29, 1.82) is 0 Å². The van der Waals surface area contributed by atoms with E-state index in [4.69, 9.17) is 10.5 Å². The van der Waals surface area contributed by atoms with Gasteiger partial charge >= 0.3 is 0 Å². The van der Waals surface area contributed by atoms with Gasteiger partial charge in [0.2, 0.25) is 0 Å². The molecule has 1 aromatic rings. The maximum atomic E-state index is 12.3. The Kier molecular flexibility index (Phi) is 3.58. The van der Waals surface area contributed by atoms with Crippen molar-refractivity contribution in [1.82, 2.24) is 9.88 Å². The van der Waals surface area contributed by atoms with Crippen LogP contribution in [0.1, 0.15) is 23.7 Å². The lowest BCUT2D eigenvalue weighted by Crippen LogP contribution is -2.36. The molecule has 1 fully saturated rings. The van der Waals surface area contributed by atoms with Gasteiger partial charge < -0.3 is 15.4 Å². The van der Waals surface area contributed by atoms with E-state index in [1.807, 2.05) is 6.92 Å². The fourth-order valence-corrected chi connectivity index (χ4v) is 1.93. The standard InChI is InChI=1S/C12H17N3O2/c1-9-8-15(5-2-6-17-9)12(16)10-7-14-4-3-11(10)13/h3-4,7,9H,2,5-6,8H2,1H3,(H2,13,14)/t9-/m0/s1. The first-order chi connectivity index (χ1) is 8.18. The summed E-state index contributed by atoms with van der Waals surface area (Å²) in [6, 6.07) is 1.64. The predicted molar refractivity (Wildman–Crippen MR) is 64.6 cm³/mol. The van der Waals surface area contributed by atoms with E-state index in [-0.39, 0.29) is 12.0 Å². The van der Waals surface area contributed by atoms with Crippen LogP contribution in [0.15, 0.2) is 18.5 Å². The molecule has 1 aliphatic heterocycles. The molecule has 5 heteroatoms. The lowest BCUT2D eigenvalue weighted by Gasteiger charge is -2.22. The van der Waals surface area contributed by atoms with Crippen molar-refractivity contribution in [2.75, 3.05) is 25.4 Å². The van der Waals surface area contributed by atoms with Crippen molar-refractivity contribution in [2.45, 2.75) is 19.4 Å². The molecule has 0 radical (unpaired) electrons. The molecule has 1 amide bonds. The summed E-state index contributed by atoms with van der Waals surface area (Å²) < 4.78 is 5.51. The molecular weight excluding hydrogens is 218 g/mol. The molecule has 0 saturated carbocycles. The number of carbonyl (C=O) groups is 1. The molecule has 1 aromatic heterocycles. The number of rotatable bonds is 1. The van der Waals surface area contributed by atoms with Crippen LogP contribution in [0.4, 0.5) is 5.69 Å². The molecule has 92 valence electrons. The highest BCUT2D eigenvalue weighted by atomic mass is 16.5. The van der Waals surface area contributed by atoms with Gasteiger partial charge in [0.15, 0.2) is 0 Å². The summed E-state index contributed by atoms with van der Waals surface area (Å²) in [7, 11) is 0. The van der Waals surface area contributed by atoms with Crippen molar-refractivity contribution in [3.63, 3.8) is 0 Å². The van der Waals surface area contributed by atoms with Gasteiger partial charge in [-0.05, 0) is 19.4 Å². The number of carbonyl (C=O) groups excluding carboxylic acids is 1. The van der Waals surface area contributed by atoms with Crippen molar-refractivity contribution >= 4 is 11.6 Å². The number of anilines is 1. The van der Waals surface area contributed by atoms with E-state index >= 15 is 0 Å². The summed E-state index contributed by atoms with van der Waals surface area (Å²) in [4.78, 5) is 18.0. The smallest absolute Gasteiger partial charge is 0.257 e. The largest absolute Gasteiger partial charge is 0.398 e. The zero-order chi connectivity index (χ0) is 12.3. The van der Waals surface area contributed by atoms with Crippen molar-refractivity contribution < 1.29 is 9.53 Å². The Labute approximate surface area is 101 Å². The van der Waals surface area contributed by atoms with Gasteiger partial charge in [-0.15, -0.1) is 0 Å². The first kappa shape index (κ1) is 11.9. The zero-order valence-electron chi connectivity index (χ0n) is 9.93. The highest BCUT2D eigenvalue weighted by molar-refractivity contribution is 5.98. The first-order valence-electron chi connectivity index (χ1n) is 5.79. The number of hydrogen-bond donors (Lipinski definition) is 1. The SMILES string of the molecule is C[C@H]1CN(C(=O)c2cnccc2N)CCCO1. The quantitative estimate of drug-likeness (QED) is 0.785. The summed E-state index contributed by atoms with van der Waals surface area (Å²) >= 11 is 0. The minimum absolute atomic E-state index is 0.0621. The molecule has 2 heterocycles. The van der Waals surface area contributed by atoms with Crippen LogP contribution in [0.3, 0.4) is 0 Å². The van der Waals surface area contributed by atoms with E-state index in [0.29, 0.717) is 30.9 Å². The fourth-order valence-electron chi connectivity index (χ4n) is 1.93. The Morgan fingerprint density at radius 2 is 2.47 bits per heavy atom. The summed E-state index contributed by atoms with van der Waals surface area (Å²) in [6.07, 6.45) is 4.03. The van der Waals surface area contributed by atoms with Crippen molar-refractivity contribution in [3.8, 4) is 0 Å². The van der Waals surface area contributed by atoms with Gasteiger partial charge in [0.25, 0.3) is 5.91 Å². The second-order valence-electron chi connectivity index (χ2n) is 4.25. The number of amides is 1. The first-order valence-corrected chi connectivity index (χ1v) is 5.79. The number of pyridine rings is 1. The third-order valence-corrected chi connectivity index (χ3v) is 2.82. The third-order valence-electron chi connectivity index (χ3n) is 2.82. The molecule has 1 aliphatic rings. The van der Waals surface area contributed by atoms with Gasteiger partial charge in [-0.25, -0.2) is 0 Å². The Bertz CT molecular complexity index is 408. The van der Waals surface area contributed by atoms with Crippen molar-refractivity contribution in [3.05, 3.63) is 24.0 Å².